The minimum Gasteiger partial charge on any atom is -0.411 e. The Morgan fingerprint density at radius 2 is 2.05 bits per heavy atom. The van der Waals surface area contributed by atoms with Gasteiger partial charge in [-0.3, -0.25) is 4.72 Å². The van der Waals surface area contributed by atoms with E-state index in [9.17, 15) is 8.42 Å². The molecule has 0 saturated heterocycles. The standard InChI is InChI=1S/C13H13BrN2O3S2/c1-8(15-17)10-5-3-4-6-11(10)16-21(18,19)12-7-13(14)20-9(12)2/h3-7,16-17H,1-2H3/b15-8-. The van der Waals surface area contributed by atoms with E-state index in [1.807, 2.05) is 0 Å². The van der Waals surface area contributed by atoms with Gasteiger partial charge < -0.3 is 5.21 Å². The van der Waals surface area contributed by atoms with Gasteiger partial charge in [0.15, 0.2) is 0 Å². The van der Waals surface area contributed by atoms with E-state index in [-0.39, 0.29) is 4.90 Å². The molecule has 0 fully saturated rings. The molecule has 5 nitrogen and oxygen atoms in total. The van der Waals surface area contributed by atoms with Gasteiger partial charge in [-0.2, -0.15) is 0 Å². The predicted octanol–water partition coefficient (Wildman–Crippen LogP) is 3.82. The van der Waals surface area contributed by atoms with Crippen LogP contribution in [0.5, 0.6) is 0 Å². The third-order valence-corrected chi connectivity index (χ3v) is 6.02. The molecule has 21 heavy (non-hydrogen) atoms. The zero-order valence-electron chi connectivity index (χ0n) is 11.3. The fourth-order valence-corrected chi connectivity index (χ4v) is 5.33. The third kappa shape index (κ3) is 3.45. The molecular formula is C13H13BrN2O3S2. The van der Waals surface area contributed by atoms with Crippen LogP contribution in [0, 0.1) is 6.92 Å². The Morgan fingerprint density at radius 3 is 2.62 bits per heavy atom. The molecule has 0 amide bonds. The molecule has 112 valence electrons. The van der Waals surface area contributed by atoms with Crippen molar-refractivity contribution >= 4 is 48.7 Å². The molecule has 2 aromatic rings. The van der Waals surface area contributed by atoms with E-state index in [2.05, 4.69) is 25.8 Å². The Hall–Kier alpha value is -1.38. The molecule has 0 atom stereocenters. The van der Waals surface area contributed by atoms with Gasteiger partial charge in [-0.15, -0.1) is 11.3 Å². The molecule has 8 heteroatoms. The maximum atomic E-state index is 12.5. The van der Waals surface area contributed by atoms with Crippen molar-refractivity contribution in [2.24, 2.45) is 5.16 Å². The van der Waals surface area contributed by atoms with E-state index in [1.54, 1.807) is 44.2 Å². The van der Waals surface area contributed by atoms with Crippen molar-refractivity contribution in [3.63, 3.8) is 0 Å². The van der Waals surface area contributed by atoms with Gasteiger partial charge in [0, 0.05) is 10.4 Å². The van der Waals surface area contributed by atoms with Crippen molar-refractivity contribution in [1.29, 1.82) is 0 Å². The lowest BCUT2D eigenvalue weighted by Crippen LogP contribution is -2.15. The van der Waals surface area contributed by atoms with Gasteiger partial charge >= 0.3 is 0 Å². The maximum Gasteiger partial charge on any atom is 0.263 e. The summed E-state index contributed by atoms with van der Waals surface area (Å²) in [4.78, 5) is 0.923. The number of hydrogen-bond donors (Lipinski definition) is 2. The van der Waals surface area contributed by atoms with E-state index < -0.39 is 10.0 Å². The van der Waals surface area contributed by atoms with Gasteiger partial charge in [-0.1, -0.05) is 23.4 Å². The van der Waals surface area contributed by atoms with Crippen LogP contribution in [0.3, 0.4) is 0 Å². The minimum atomic E-state index is -3.69. The maximum absolute atomic E-state index is 12.5. The smallest absolute Gasteiger partial charge is 0.263 e. The molecule has 0 aliphatic heterocycles. The molecular weight excluding hydrogens is 376 g/mol. The molecule has 0 bridgehead atoms. The number of oxime groups is 1. The van der Waals surface area contributed by atoms with Gasteiger partial charge in [0.25, 0.3) is 10.0 Å². The molecule has 0 aliphatic rings. The summed E-state index contributed by atoms with van der Waals surface area (Å²) >= 11 is 4.64. The summed E-state index contributed by atoms with van der Waals surface area (Å²) in [6.45, 7) is 3.34. The molecule has 0 spiro atoms. The molecule has 0 saturated carbocycles. The summed E-state index contributed by atoms with van der Waals surface area (Å²) in [5.74, 6) is 0. The van der Waals surface area contributed by atoms with Crippen LogP contribution in [-0.4, -0.2) is 19.3 Å². The second kappa shape index (κ2) is 6.17. The largest absolute Gasteiger partial charge is 0.411 e. The van der Waals surface area contributed by atoms with Gasteiger partial charge in [-0.05, 0) is 41.9 Å². The Labute approximate surface area is 135 Å². The SMILES string of the molecule is C/C(=N/O)c1ccccc1NS(=O)(=O)c1cc(Br)sc1C. The molecule has 2 rings (SSSR count). The Bertz CT molecular complexity index is 797. The average Bonchev–Trinajstić information content (AvgIpc) is 2.78. The summed E-state index contributed by atoms with van der Waals surface area (Å²) in [7, 11) is -3.69. The number of thiophene rings is 1. The van der Waals surface area contributed by atoms with Crippen molar-refractivity contribution in [3.05, 3.63) is 44.6 Å². The van der Waals surface area contributed by atoms with E-state index in [0.29, 0.717) is 21.8 Å². The Morgan fingerprint density at radius 1 is 1.38 bits per heavy atom. The molecule has 1 aromatic heterocycles. The van der Waals surface area contributed by atoms with Crippen molar-refractivity contribution in [2.45, 2.75) is 18.7 Å². The average molecular weight is 389 g/mol. The summed E-state index contributed by atoms with van der Waals surface area (Å²) in [6.07, 6.45) is 0. The monoisotopic (exact) mass is 388 g/mol. The number of sulfonamides is 1. The summed E-state index contributed by atoms with van der Waals surface area (Å²) < 4.78 is 28.2. The van der Waals surface area contributed by atoms with Crippen LogP contribution in [0.15, 0.2) is 44.2 Å². The molecule has 0 aliphatic carbocycles. The van der Waals surface area contributed by atoms with Crippen LogP contribution in [0.25, 0.3) is 0 Å². The first-order chi connectivity index (χ1) is 9.85. The van der Waals surface area contributed by atoms with E-state index >= 15 is 0 Å². The summed E-state index contributed by atoms with van der Waals surface area (Å²) in [5.41, 5.74) is 1.22. The number of nitrogens with zero attached hydrogens (tertiary/aromatic N) is 1. The van der Waals surface area contributed by atoms with Crippen LogP contribution >= 0.6 is 27.3 Å². The Balaban J connectivity index is 2.45. The highest BCUT2D eigenvalue weighted by atomic mass is 79.9. The fourth-order valence-electron chi connectivity index (χ4n) is 1.84. The number of halogens is 1. The Kier molecular flexibility index (Phi) is 4.70. The van der Waals surface area contributed by atoms with Crippen molar-refractivity contribution in [3.8, 4) is 0 Å². The van der Waals surface area contributed by atoms with Crippen LogP contribution in [-0.2, 0) is 10.0 Å². The number of para-hydroxylation sites is 1. The molecule has 0 unspecified atom stereocenters. The van der Waals surface area contributed by atoms with Crippen LogP contribution < -0.4 is 4.72 Å². The highest BCUT2D eigenvalue weighted by Gasteiger charge is 2.21. The molecule has 1 heterocycles. The minimum absolute atomic E-state index is 0.229. The molecule has 1 aromatic carbocycles. The number of anilines is 1. The number of aryl methyl sites for hydroxylation is 1. The van der Waals surface area contributed by atoms with Crippen molar-refractivity contribution in [1.82, 2.24) is 0 Å². The lowest BCUT2D eigenvalue weighted by molar-refractivity contribution is 0.319. The van der Waals surface area contributed by atoms with E-state index in [4.69, 9.17) is 5.21 Å². The second-order valence-electron chi connectivity index (χ2n) is 4.31. The fraction of sp³-hybridized carbons (Fsp3) is 0.154. The van der Waals surface area contributed by atoms with Crippen molar-refractivity contribution in [2.75, 3.05) is 4.72 Å². The van der Waals surface area contributed by atoms with Gasteiger partial charge in [0.05, 0.1) is 15.2 Å². The van der Waals surface area contributed by atoms with Crippen LogP contribution in [0.1, 0.15) is 17.4 Å². The lowest BCUT2D eigenvalue weighted by Gasteiger charge is -2.11. The third-order valence-electron chi connectivity index (χ3n) is 2.84. The van der Waals surface area contributed by atoms with Crippen LogP contribution in [0.4, 0.5) is 5.69 Å². The van der Waals surface area contributed by atoms with Gasteiger partial charge in [0.2, 0.25) is 0 Å². The zero-order valence-corrected chi connectivity index (χ0v) is 14.5. The van der Waals surface area contributed by atoms with Crippen LogP contribution in [0.2, 0.25) is 0 Å². The van der Waals surface area contributed by atoms with Crippen molar-refractivity contribution < 1.29 is 13.6 Å². The first kappa shape index (κ1) is 16.0. The number of benzene rings is 1. The lowest BCUT2D eigenvalue weighted by atomic mass is 10.1. The highest BCUT2D eigenvalue weighted by molar-refractivity contribution is 9.11. The number of rotatable bonds is 4. The van der Waals surface area contributed by atoms with Gasteiger partial charge in [0.1, 0.15) is 4.90 Å². The van der Waals surface area contributed by atoms with Gasteiger partial charge in [-0.25, -0.2) is 8.42 Å². The predicted molar refractivity (Wildman–Crippen MR) is 88.0 cm³/mol. The summed E-state index contributed by atoms with van der Waals surface area (Å²) in [6, 6.07) is 8.33. The molecule has 2 N–H and O–H groups in total. The number of hydrogen-bond acceptors (Lipinski definition) is 5. The quantitative estimate of drug-likeness (QED) is 0.474. The van der Waals surface area contributed by atoms with E-state index in [0.717, 1.165) is 3.79 Å². The topological polar surface area (TPSA) is 78.8 Å². The first-order valence-corrected chi connectivity index (χ1v) is 9.01. The first-order valence-electron chi connectivity index (χ1n) is 5.92. The molecule has 0 radical (unpaired) electrons. The van der Waals surface area contributed by atoms with E-state index in [1.165, 1.54) is 11.3 Å². The normalized spacial score (nSPS) is 12.4. The second-order valence-corrected chi connectivity index (χ2v) is 8.59. The number of nitrogens with one attached hydrogen (secondary N) is 1. The summed E-state index contributed by atoms with van der Waals surface area (Å²) in [5, 5.41) is 12.0. The highest BCUT2D eigenvalue weighted by Crippen LogP contribution is 2.31. The zero-order chi connectivity index (χ0) is 15.6.